The van der Waals surface area contributed by atoms with E-state index < -0.39 is 0 Å². The first-order valence-electron chi connectivity index (χ1n) is 9.38. The van der Waals surface area contributed by atoms with Crippen molar-refractivity contribution in [3.05, 3.63) is 65.6 Å². The molecule has 3 saturated heterocycles. The number of rotatable bonds is 1. The van der Waals surface area contributed by atoms with Crippen molar-refractivity contribution in [1.82, 2.24) is 19.8 Å². The average Bonchev–Trinajstić information content (AvgIpc) is 3.08. The largest absolute Gasteiger partial charge is 0.357 e. The Kier molecular flexibility index (Phi) is 2.77. The number of benzene rings is 1. The molecule has 6 heterocycles. The Morgan fingerprint density at radius 1 is 1.00 bits per heavy atom. The lowest BCUT2D eigenvalue weighted by atomic mass is 9.73. The lowest BCUT2D eigenvalue weighted by Gasteiger charge is -2.62. The molecule has 25 heavy (non-hydrogen) atoms. The van der Waals surface area contributed by atoms with E-state index in [1.54, 1.807) is 5.56 Å². The van der Waals surface area contributed by atoms with Crippen molar-refractivity contribution in [2.24, 2.45) is 0 Å². The molecule has 4 heteroatoms. The zero-order chi connectivity index (χ0) is 16.4. The number of hydrogen-bond acceptors (Lipinski definition) is 3. The number of fused-ring (bicyclic) bond motifs is 5. The summed E-state index contributed by atoms with van der Waals surface area (Å²) in [6.45, 7) is 3.49. The van der Waals surface area contributed by atoms with E-state index in [-0.39, 0.29) is 5.54 Å². The summed E-state index contributed by atoms with van der Waals surface area (Å²) in [5.74, 6) is 0. The zero-order valence-electron chi connectivity index (χ0n) is 14.3. The second-order valence-electron chi connectivity index (χ2n) is 7.69. The first kappa shape index (κ1) is 14.0. The second kappa shape index (κ2) is 4.93. The van der Waals surface area contributed by atoms with Crippen LogP contribution in [0, 0.1) is 0 Å². The summed E-state index contributed by atoms with van der Waals surface area (Å²) < 4.78 is 0. The Morgan fingerprint density at radius 3 is 2.64 bits per heavy atom. The third-order valence-corrected chi connectivity index (χ3v) is 6.70. The van der Waals surface area contributed by atoms with Crippen molar-refractivity contribution >= 4 is 10.9 Å². The summed E-state index contributed by atoms with van der Waals surface area (Å²) in [6.07, 6.45) is 7.86. The highest BCUT2D eigenvalue weighted by molar-refractivity contribution is 5.85. The van der Waals surface area contributed by atoms with E-state index in [0.29, 0.717) is 6.17 Å². The monoisotopic (exact) mass is 330 g/mol. The fourth-order valence-electron chi connectivity index (χ4n) is 5.60. The lowest BCUT2D eigenvalue weighted by Crippen LogP contribution is -2.66. The number of aromatic amines is 1. The first-order valence-corrected chi connectivity index (χ1v) is 9.38. The van der Waals surface area contributed by atoms with Crippen molar-refractivity contribution in [2.75, 3.05) is 19.6 Å². The third kappa shape index (κ3) is 1.76. The van der Waals surface area contributed by atoms with Gasteiger partial charge in [0.15, 0.2) is 0 Å². The van der Waals surface area contributed by atoms with Crippen LogP contribution in [0.15, 0.2) is 48.8 Å². The van der Waals surface area contributed by atoms with Gasteiger partial charge >= 0.3 is 0 Å². The van der Waals surface area contributed by atoms with E-state index in [2.05, 4.69) is 56.2 Å². The molecule has 3 aromatic rings. The van der Waals surface area contributed by atoms with Crippen LogP contribution < -0.4 is 0 Å². The molecule has 0 amide bonds. The number of hydrogen-bond donors (Lipinski definition) is 1. The van der Waals surface area contributed by atoms with E-state index in [0.717, 1.165) is 13.0 Å². The molecule has 126 valence electrons. The molecule has 0 saturated carbocycles. The van der Waals surface area contributed by atoms with Gasteiger partial charge in [-0.3, -0.25) is 14.8 Å². The van der Waals surface area contributed by atoms with Crippen LogP contribution in [0.1, 0.15) is 35.8 Å². The maximum Gasteiger partial charge on any atom is 0.0895 e. The summed E-state index contributed by atoms with van der Waals surface area (Å²) in [5, 5.41) is 1.43. The van der Waals surface area contributed by atoms with Gasteiger partial charge in [0.25, 0.3) is 0 Å². The highest BCUT2D eigenvalue weighted by Gasteiger charge is 2.54. The van der Waals surface area contributed by atoms with E-state index in [1.165, 1.54) is 48.1 Å². The molecular formula is C21H22N4. The molecule has 2 aromatic heterocycles. The zero-order valence-corrected chi connectivity index (χ0v) is 14.3. The second-order valence-corrected chi connectivity index (χ2v) is 7.69. The molecule has 7 rings (SSSR count). The minimum atomic E-state index is 0.176. The molecule has 1 atom stereocenters. The van der Waals surface area contributed by atoms with Crippen LogP contribution in [-0.4, -0.2) is 39.4 Å². The van der Waals surface area contributed by atoms with Gasteiger partial charge in [0.2, 0.25) is 0 Å². The van der Waals surface area contributed by atoms with Gasteiger partial charge < -0.3 is 4.98 Å². The van der Waals surface area contributed by atoms with E-state index in [1.807, 2.05) is 12.4 Å². The molecule has 1 unspecified atom stereocenters. The number of H-pyrrole nitrogens is 1. The van der Waals surface area contributed by atoms with Gasteiger partial charge in [-0.25, -0.2) is 0 Å². The number of pyridine rings is 1. The minimum absolute atomic E-state index is 0.176. The van der Waals surface area contributed by atoms with Crippen LogP contribution in [0.2, 0.25) is 0 Å². The predicted molar refractivity (Wildman–Crippen MR) is 98.2 cm³/mol. The Bertz CT molecular complexity index is 937. The topological polar surface area (TPSA) is 35.2 Å². The van der Waals surface area contributed by atoms with Crippen molar-refractivity contribution in [3.63, 3.8) is 0 Å². The lowest BCUT2D eigenvalue weighted by molar-refractivity contribution is -0.149. The third-order valence-electron chi connectivity index (χ3n) is 6.70. The van der Waals surface area contributed by atoms with Gasteiger partial charge in [-0.15, -0.1) is 0 Å². The fourth-order valence-corrected chi connectivity index (χ4v) is 5.60. The van der Waals surface area contributed by atoms with Crippen LogP contribution in [0.3, 0.4) is 0 Å². The van der Waals surface area contributed by atoms with Crippen molar-refractivity contribution < 1.29 is 0 Å². The van der Waals surface area contributed by atoms with Crippen LogP contribution >= 0.6 is 0 Å². The summed E-state index contributed by atoms with van der Waals surface area (Å²) in [4.78, 5) is 13.5. The number of nitrogens with one attached hydrogen (secondary N) is 1. The molecule has 4 aliphatic heterocycles. The van der Waals surface area contributed by atoms with E-state index in [4.69, 9.17) is 0 Å². The van der Waals surface area contributed by atoms with Gasteiger partial charge in [-0.1, -0.05) is 18.2 Å². The van der Waals surface area contributed by atoms with Gasteiger partial charge in [0, 0.05) is 48.6 Å². The van der Waals surface area contributed by atoms with E-state index >= 15 is 0 Å². The molecule has 0 radical (unpaired) electrons. The number of para-hydroxylation sites is 1. The van der Waals surface area contributed by atoms with Crippen LogP contribution in [-0.2, 0) is 12.0 Å². The highest BCUT2D eigenvalue weighted by Crippen LogP contribution is 2.53. The van der Waals surface area contributed by atoms with E-state index in [9.17, 15) is 0 Å². The van der Waals surface area contributed by atoms with Gasteiger partial charge in [0.05, 0.1) is 11.7 Å². The summed E-state index contributed by atoms with van der Waals surface area (Å²) in [5.41, 5.74) is 5.93. The van der Waals surface area contributed by atoms with Crippen molar-refractivity contribution in [1.29, 1.82) is 0 Å². The standard InChI is InChI=1S/C21H22N4/c1-2-4-18-16(3-1)17-7-12-25-20(15-5-10-22-11-6-15)24-13-8-21(25,9-14-24)19(17)23-18/h1-6,10-11,20,23H,7-9,12-14H2. The summed E-state index contributed by atoms with van der Waals surface area (Å²) in [7, 11) is 0. The van der Waals surface area contributed by atoms with Crippen LogP contribution in [0.25, 0.3) is 10.9 Å². The fraction of sp³-hybridized carbons (Fsp3) is 0.381. The highest BCUT2D eigenvalue weighted by atomic mass is 15.4. The Balaban J connectivity index is 1.55. The van der Waals surface area contributed by atoms with Crippen LogP contribution in [0.4, 0.5) is 0 Å². The molecule has 4 nitrogen and oxygen atoms in total. The van der Waals surface area contributed by atoms with Crippen molar-refractivity contribution in [3.8, 4) is 0 Å². The minimum Gasteiger partial charge on any atom is -0.357 e. The van der Waals surface area contributed by atoms with Gasteiger partial charge in [0.1, 0.15) is 0 Å². The predicted octanol–water partition coefficient (Wildman–Crippen LogP) is 3.42. The Morgan fingerprint density at radius 2 is 1.80 bits per heavy atom. The molecule has 1 N–H and O–H groups in total. The summed E-state index contributed by atoms with van der Waals surface area (Å²) >= 11 is 0. The number of nitrogens with zero attached hydrogens (tertiary/aromatic N) is 3. The molecule has 2 bridgehead atoms. The molecule has 1 spiro atoms. The molecule has 4 aliphatic rings. The van der Waals surface area contributed by atoms with Crippen molar-refractivity contribution in [2.45, 2.75) is 31.0 Å². The SMILES string of the molecule is c1ccc2c3c([nH]c2c1)C12CCN(CC1)C(c1ccncc1)N2CC3. The first-order chi connectivity index (χ1) is 12.4. The quantitative estimate of drug-likeness (QED) is 0.742. The number of aromatic nitrogens is 2. The Hall–Kier alpha value is -2.17. The molecule has 3 fully saturated rings. The molecule has 1 aromatic carbocycles. The average molecular weight is 330 g/mol. The molecular weight excluding hydrogens is 308 g/mol. The maximum atomic E-state index is 4.23. The summed E-state index contributed by atoms with van der Waals surface area (Å²) in [6, 6.07) is 13.2. The maximum absolute atomic E-state index is 4.23. The van der Waals surface area contributed by atoms with Gasteiger partial charge in [-0.05, 0) is 48.6 Å². The molecule has 0 aliphatic carbocycles. The normalized spacial score (nSPS) is 31.0. The smallest absolute Gasteiger partial charge is 0.0895 e. The van der Waals surface area contributed by atoms with Gasteiger partial charge in [-0.2, -0.15) is 0 Å². The van der Waals surface area contributed by atoms with Crippen LogP contribution in [0.5, 0.6) is 0 Å². The number of piperidine rings is 1. The Labute approximate surface area is 147 Å².